The molecule has 2 aromatic rings. The molecule has 5 heteroatoms. The second kappa shape index (κ2) is 6.26. The van der Waals surface area contributed by atoms with E-state index in [-0.39, 0.29) is 0 Å². The molecular weight excluding hydrogens is 262 g/mol. The molecule has 1 fully saturated rings. The number of hydrogen-bond acceptors (Lipinski definition) is 4. The first kappa shape index (κ1) is 14.1. The van der Waals surface area contributed by atoms with Gasteiger partial charge in [0.25, 0.3) is 0 Å². The summed E-state index contributed by atoms with van der Waals surface area (Å²) in [6, 6.07) is 4.76. The van der Waals surface area contributed by atoms with Crippen LogP contribution in [0.1, 0.15) is 29.8 Å². The van der Waals surface area contributed by atoms with Crippen molar-refractivity contribution in [3.8, 4) is 0 Å². The minimum Gasteiger partial charge on any atom is -0.371 e. The van der Waals surface area contributed by atoms with Crippen LogP contribution < -0.4 is 10.2 Å². The highest BCUT2D eigenvalue weighted by atomic mass is 15.2. The van der Waals surface area contributed by atoms with Crippen molar-refractivity contribution < 1.29 is 0 Å². The zero-order valence-electron chi connectivity index (χ0n) is 12.8. The number of hydrogen-bond donors (Lipinski definition) is 2. The molecule has 0 atom stereocenters. The summed E-state index contributed by atoms with van der Waals surface area (Å²) in [5, 5.41) is 11.0. The maximum absolute atomic E-state index is 4.36. The van der Waals surface area contributed by atoms with Gasteiger partial charge in [0.05, 0.1) is 5.69 Å². The number of nitrogens with zero attached hydrogens (tertiary/aromatic N) is 3. The van der Waals surface area contributed by atoms with Crippen LogP contribution in [0.25, 0.3) is 0 Å². The normalized spacial score (nSPS) is 16.4. The maximum atomic E-state index is 4.36. The molecule has 2 N–H and O–H groups in total. The van der Waals surface area contributed by atoms with E-state index in [9.17, 15) is 0 Å². The number of rotatable bonds is 4. The van der Waals surface area contributed by atoms with Crippen LogP contribution in [0.2, 0.25) is 0 Å². The molecule has 0 spiro atoms. The van der Waals surface area contributed by atoms with E-state index >= 15 is 0 Å². The lowest BCUT2D eigenvalue weighted by Gasteiger charge is -2.34. The molecule has 0 saturated carbocycles. The monoisotopic (exact) mass is 285 g/mol. The van der Waals surface area contributed by atoms with Gasteiger partial charge < -0.3 is 10.2 Å². The molecule has 1 aliphatic rings. The summed E-state index contributed by atoms with van der Waals surface area (Å²) in [5.41, 5.74) is 4.86. The van der Waals surface area contributed by atoms with Crippen molar-refractivity contribution in [2.45, 2.75) is 39.3 Å². The van der Waals surface area contributed by atoms with Crippen LogP contribution in [0.15, 0.2) is 24.5 Å². The minimum absolute atomic E-state index is 0.583. The van der Waals surface area contributed by atoms with Crippen molar-refractivity contribution in [3.63, 3.8) is 0 Å². The van der Waals surface area contributed by atoms with Crippen LogP contribution in [0.4, 0.5) is 5.69 Å². The Bertz CT molecular complexity index is 570. The van der Waals surface area contributed by atoms with Crippen molar-refractivity contribution in [1.82, 2.24) is 20.5 Å². The predicted molar refractivity (Wildman–Crippen MR) is 84.4 cm³/mol. The first-order valence-electron chi connectivity index (χ1n) is 7.63. The fraction of sp³-hybridized carbons (Fsp3) is 0.500. The second-order valence-electron chi connectivity index (χ2n) is 5.77. The van der Waals surface area contributed by atoms with E-state index in [1.807, 2.05) is 12.4 Å². The zero-order chi connectivity index (χ0) is 14.7. The Morgan fingerprint density at radius 3 is 2.57 bits per heavy atom. The van der Waals surface area contributed by atoms with Gasteiger partial charge in [0.2, 0.25) is 0 Å². The number of aromatic nitrogens is 3. The average Bonchev–Trinajstić information content (AvgIpc) is 2.86. The van der Waals surface area contributed by atoms with Crippen molar-refractivity contribution in [2.75, 3.05) is 18.0 Å². The number of piperidine rings is 1. The summed E-state index contributed by atoms with van der Waals surface area (Å²) >= 11 is 0. The summed E-state index contributed by atoms with van der Waals surface area (Å²) in [6.45, 7) is 7.25. The maximum Gasteiger partial charge on any atom is 0.0791 e. The van der Waals surface area contributed by atoms with E-state index in [1.165, 1.54) is 29.8 Å². The van der Waals surface area contributed by atoms with E-state index in [0.717, 1.165) is 25.3 Å². The van der Waals surface area contributed by atoms with E-state index in [2.05, 4.69) is 51.4 Å². The average molecular weight is 285 g/mol. The highest BCUT2D eigenvalue weighted by molar-refractivity contribution is 5.44. The van der Waals surface area contributed by atoms with Gasteiger partial charge in [-0.05, 0) is 44.4 Å². The molecule has 0 radical (unpaired) electrons. The van der Waals surface area contributed by atoms with Crippen LogP contribution in [0.5, 0.6) is 0 Å². The summed E-state index contributed by atoms with van der Waals surface area (Å²) < 4.78 is 0. The highest BCUT2D eigenvalue weighted by Crippen LogP contribution is 2.19. The topological polar surface area (TPSA) is 56.8 Å². The van der Waals surface area contributed by atoms with Crippen LogP contribution in [0.3, 0.4) is 0 Å². The molecule has 1 saturated heterocycles. The first-order chi connectivity index (χ1) is 10.2. The predicted octanol–water partition coefficient (Wildman–Crippen LogP) is 2.18. The standard InChI is InChI=1S/C16H23N5/c1-12-13(2)19-20-16(12)11-18-14-5-9-21(10-6-14)15-3-7-17-8-4-15/h3-4,7-8,14,18H,5-6,9-11H2,1-2H3,(H,19,20). The third-order valence-corrected chi connectivity index (χ3v) is 4.43. The number of pyridine rings is 1. The van der Waals surface area contributed by atoms with Gasteiger partial charge in [-0.2, -0.15) is 5.10 Å². The number of aromatic amines is 1. The zero-order valence-corrected chi connectivity index (χ0v) is 12.8. The number of anilines is 1. The quantitative estimate of drug-likeness (QED) is 0.904. The third kappa shape index (κ3) is 3.24. The fourth-order valence-corrected chi connectivity index (χ4v) is 2.85. The van der Waals surface area contributed by atoms with Crippen LogP contribution in [-0.4, -0.2) is 34.3 Å². The largest absolute Gasteiger partial charge is 0.371 e. The van der Waals surface area contributed by atoms with Crippen LogP contribution >= 0.6 is 0 Å². The van der Waals surface area contributed by atoms with E-state index < -0.39 is 0 Å². The summed E-state index contributed by atoms with van der Waals surface area (Å²) in [7, 11) is 0. The molecular formula is C16H23N5. The van der Waals surface area contributed by atoms with E-state index in [0.29, 0.717) is 6.04 Å². The Morgan fingerprint density at radius 2 is 1.95 bits per heavy atom. The molecule has 3 heterocycles. The summed E-state index contributed by atoms with van der Waals surface area (Å²) in [6.07, 6.45) is 6.07. The Morgan fingerprint density at radius 1 is 1.24 bits per heavy atom. The van der Waals surface area contributed by atoms with E-state index in [4.69, 9.17) is 0 Å². The molecule has 0 aromatic carbocycles. The summed E-state index contributed by atoms with van der Waals surface area (Å²) in [4.78, 5) is 6.51. The van der Waals surface area contributed by atoms with Gasteiger partial charge in [-0.15, -0.1) is 0 Å². The van der Waals surface area contributed by atoms with Gasteiger partial charge >= 0.3 is 0 Å². The Kier molecular flexibility index (Phi) is 4.20. The molecule has 0 amide bonds. The fourth-order valence-electron chi connectivity index (χ4n) is 2.85. The van der Waals surface area contributed by atoms with Crippen molar-refractivity contribution in [2.24, 2.45) is 0 Å². The number of H-pyrrole nitrogens is 1. The lowest BCUT2D eigenvalue weighted by atomic mass is 10.0. The van der Waals surface area contributed by atoms with Gasteiger partial charge in [-0.1, -0.05) is 0 Å². The first-order valence-corrected chi connectivity index (χ1v) is 7.63. The smallest absolute Gasteiger partial charge is 0.0791 e. The lowest BCUT2D eigenvalue weighted by Crippen LogP contribution is -2.42. The molecule has 1 aliphatic heterocycles. The third-order valence-electron chi connectivity index (χ3n) is 4.43. The molecule has 2 aromatic heterocycles. The number of aryl methyl sites for hydroxylation is 1. The van der Waals surface area contributed by atoms with Gasteiger partial charge in [-0.3, -0.25) is 10.1 Å². The molecule has 112 valence electrons. The SMILES string of the molecule is Cc1[nH]nc(CNC2CCN(c3ccncc3)CC2)c1C. The molecule has 21 heavy (non-hydrogen) atoms. The molecule has 0 aliphatic carbocycles. The van der Waals surface area contributed by atoms with Gasteiger partial charge in [0.1, 0.15) is 0 Å². The molecule has 3 rings (SSSR count). The van der Waals surface area contributed by atoms with E-state index in [1.54, 1.807) is 0 Å². The Balaban J connectivity index is 1.49. The Labute approximate surface area is 125 Å². The van der Waals surface area contributed by atoms with Gasteiger partial charge in [-0.25, -0.2) is 0 Å². The van der Waals surface area contributed by atoms with Crippen LogP contribution in [0, 0.1) is 13.8 Å². The van der Waals surface area contributed by atoms with Crippen molar-refractivity contribution in [1.29, 1.82) is 0 Å². The Hall–Kier alpha value is -1.88. The second-order valence-corrected chi connectivity index (χ2v) is 5.77. The molecule has 0 unspecified atom stereocenters. The van der Waals surface area contributed by atoms with Gasteiger partial charge in [0, 0.05) is 49.5 Å². The molecule has 0 bridgehead atoms. The number of nitrogens with one attached hydrogen (secondary N) is 2. The van der Waals surface area contributed by atoms with Gasteiger partial charge in [0.15, 0.2) is 0 Å². The molecule has 5 nitrogen and oxygen atoms in total. The lowest BCUT2D eigenvalue weighted by molar-refractivity contribution is 0.411. The minimum atomic E-state index is 0.583. The van der Waals surface area contributed by atoms with Crippen LogP contribution in [-0.2, 0) is 6.54 Å². The highest BCUT2D eigenvalue weighted by Gasteiger charge is 2.19. The summed E-state index contributed by atoms with van der Waals surface area (Å²) in [5.74, 6) is 0. The van der Waals surface area contributed by atoms with Crippen molar-refractivity contribution in [3.05, 3.63) is 41.5 Å². The van der Waals surface area contributed by atoms with Crippen molar-refractivity contribution >= 4 is 5.69 Å².